The number of methoxy groups -OCH3 is 1. The van der Waals surface area contributed by atoms with E-state index in [2.05, 4.69) is 5.32 Å². The van der Waals surface area contributed by atoms with E-state index in [4.69, 9.17) is 16.3 Å². The van der Waals surface area contributed by atoms with Crippen LogP contribution in [0.5, 0.6) is 5.75 Å². The molecule has 0 fully saturated rings. The highest BCUT2D eigenvalue weighted by atomic mass is 35.5. The third-order valence-corrected chi connectivity index (χ3v) is 9.70. The first kappa shape index (κ1) is 33.6. The Morgan fingerprint density at radius 3 is 2.07 bits per heavy atom. The molecule has 0 aliphatic carbocycles. The van der Waals surface area contributed by atoms with Crippen molar-refractivity contribution in [3.05, 3.63) is 125 Å². The minimum atomic E-state index is -4.19. The Hall–Kier alpha value is -4.34. The molecular weight excluding hydrogens is 610 g/mol. The van der Waals surface area contributed by atoms with E-state index >= 15 is 0 Å². The van der Waals surface area contributed by atoms with Crippen LogP contribution in [0.3, 0.4) is 0 Å². The fourth-order valence-corrected chi connectivity index (χ4v) is 6.43. The Labute approximate surface area is 270 Å². The summed E-state index contributed by atoms with van der Waals surface area (Å²) in [6.07, 6.45) is 0.913. The van der Waals surface area contributed by atoms with Gasteiger partial charge in [-0.25, -0.2) is 8.42 Å². The lowest BCUT2D eigenvalue weighted by molar-refractivity contribution is -0.140. The maximum absolute atomic E-state index is 14.5. The molecule has 10 heteroatoms. The summed E-state index contributed by atoms with van der Waals surface area (Å²) in [6, 6.07) is 29.8. The number of sulfonamides is 1. The van der Waals surface area contributed by atoms with Crippen molar-refractivity contribution >= 4 is 39.1 Å². The summed E-state index contributed by atoms with van der Waals surface area (Å²) in [5.74, 6) is -0.367. The van der Waals surface area contributed by atoms with Crippen LogP contribution in [0.1, 0.15) is 31.4 Å². The average molecular weight is 648 g/mol. The van der Waals surface area contributed by atoms with Crippen molar-refractivity contribution in [3.63, 3.8) is 0 Å². The van der Waals surface area contributed by atoms with Gasteiger partial charge in [0, 0.05) is 24.0 Å². The van der Waals surface area contributed by atoms with E-state index in [0.29, 0.717) is 22.8 Å². The van der Waals surface area contributed by atoms with Crippen LogP contribution < -0.4 is 14.4 Å². The molecule has 0 heterocycles. The van der Waals surface area contributed by atoms with Crippen LogP contribution in [-0.4, -0.2) is 50.9 Å². The Morgan fingerprint density at radius 1 is 0.867 bits per heavy atom. The maximum Gasteiger partial charge on any atom is 0.264 e. The predicted octanol–water partition coefficient (Wildman–Crippen LogP) is 6.10. The number of halogens is 1. The monoisotopic (exact) mass is 647 g/mol. The van der Waals surface area contributed by atoms with Gasteiger partial charge in [-0.15, -0.1) is 0 Å². The summed E-state index contributed by atoms with van der Waals surface area (Å²) in [5, 5.41) is 3.46. The zero-order chi connectivity index (χ0) is 32.4. The van der Waals surface area contributed by atoms with Crippen LogP contribution >= 0.6 is 11.6 Å². The molecule has 2 atom stereocenters. The number of nitrogens with one attached hydrogen (secondary N) is 1. The Balaban J connectivity index is 1.81. The van der Waals surface area contributed by atoms with Crippen LogP contribution in [0.2, 0.25) is 5.02 Å². The minimum Gasteiger partial charge on any atom is -0.497 e. The number of benzene rings is 4. The van der Waals surface area contributed by atoms with Crippen LogP contribution in [0, 0.1) is 0 Å². The fourth-order valence-electron chi connectivity index (χ4n) is 4.80. The number of rotatable bonds is 14. The van der Waals surface area contributed by atoms with Gasteiger partial charge in [0.25, 0.3) is 10.0 Å². The standard InChI is InChI=1S/C35H38ClN3O5S/c1-4-26(2)37-35(41)33(23-27-13-7-5-8-14-27)38(24-28-15-11-12-18-32(28)36)34(40)25-39(29-19-21-30(44-3)22-20-29)45(42,43)31-16-9-6-10-17-31/h5-22,26,33H,4,23-25H2,1-3H3,(H,37,41)/t26-,33+/m1/s1. The first-order valence-corrected chi connectivity index (χ1v) is 16.5. The highest BCUT2D eigenvalue weighted by molar-refractivity contribution is 7.92. The van der Waals surface area contributed by atoms with Crippen LogP contribution in [0.4, 0.5) is 5.69 Å². The van der Waals surface area contributed by atoms with Crippen molar-refractivity contribution in [3.8, 4) is 5.75 Å². The molecule has 0 radical (unpaired) electrons. The molecule has 0 unspecified atom stereocenters. The van der Waals surface area contributed by atoms with Gasteiger partial charge >= 0.3 is 0 Å². The van der Waals surface area contributed by atoms with Gasteiger partial charge < -0.3 is 15.0 Å². The fraction of sp³-hybridized carbons (Fsp3) is 0.257. The van der Waals surface area contributed by atoms with Gasteiger partial charge in [0.2, 0.25) is 11.8 Å². The first-order valence-electron chi connectivity index (χ1n) is 14.7. The predicted molar refractivity (Wildman–Crippen MR) is 178 cm³/mol. The lowest BCUT2D eigenvalue weighted by Gasteiger charge is -2.34. The molecule has 236 valence electrons. The highest BCUT2D eigenvalue weighted by Crippen LogP contribution is 2.27. The van der Waals surface area contributed by atoms with Gasteiger partial charge in [-0.3, -0.25) is 13.9 Å². The number of nitrogens with zero attached hydrogens (tertiary/aromatic N) is 2. The second kappa shape index (κ2) is 15.6. The SMILES string of the molecule is CC[C@@H](C)NC(=O)[C@H](Cc1ccccc1)N(Cc1ccccc1Cl)C(=O)CN(c1ccc(OC)cc1)S(=O)(=O)c1ccccc1. The normalized spacial score (nSPS) is 12.5. The van der Waals surface area contributed by atoms with Gasteiger partial charge in [-0.2, -0.15) is 0 Å². The summed E-state index contributed by atoms with van der Waals surface area (Å²) in [4.78, 5) is 29.9. The van der Waals surface area contributed by atoms with Crippen LogP contribution in [0.15, 0.2) is 114 Å². The summed E-state index contributed by atoms with van der Waals surface area (Å²) >= 11 is 6.55. The van der Waals surface area contributed by atoms with Crippen molar-refractivity contribution in [1.29, 1.82) is 0 Å². The Morgan fingerprint density at radius 2 is 1.47 bits per heavy atom. The smallest absolute Gasteiger partial charge is 0.264 e. The zero-order valence-electron chi connectivity index (χ0n) is 25.6. The lowest BCUT2D eigenvalue weighted by Crippen LogP contribution is -2.54. The minimum absolute atomic E-state index is 0.00816. The number of carbonyl (C=O) groups excluding carboxylic acids is 2. The molecule has 0 aliphatic rings. The third-order valence-electron chi connectivity index (χ3n) is 7.54. The Bertz CT molecular complexity index is 1670. The summed E-state index contributed by atoms with van der Waals surface area (Å²) < 4.78 is 34.5. The van der Waals surface area contributed by atoms with E-state index in [-0.39, 0.29) is 35.5 Å². The zero-order valence-corrected chi connectivity index (χ0v) is 27.2. The van der Waals surface area contributed by atoms with Crippen LogP contribution in [-0.2, 0) is 32.6 Å². The molecule has 4 rings (SSSR count). The van der Waals surface area contributed by atoms with Crippen molar-refractivity contribution in [1.82, 2.24) is 10.2 Å². The molecule has 0 aromatic heterocycles. The molecule has 8 nitrogen and oxygen atoms in total. The summed E-state index contributed by atoms with van der Waals surface area (Å²) in [7, 11) is -2.68. The van der Waals surface area contributed by atoms with E-state index in [0.717, 1.165) is 9.87 Å². The maximum atomic E-state index is 14.5. The molecule has 0 saturated carbocycles. The van der Waals surface area contributed by atoms with Crippen molar-refractivity contribution in [2.75, 3.05) is 18.0 Å². The third kappa shape index (κ3) is 8.65. The van der Waals surface area contributed by atoms with Crippen LogP contribution in [0.25, 0.3) is 0 Å². The van der Waals surface area contributed by atoms with Crippen molar-refractivity contribution in [2.45, 2.75) is 50.2 Å². The summed E-state index contributed by atoms with van der Waals surface area (Å²) in [5.41, 5.74) is 1.75. The quantitative estimate of drug-likeness (QED) is 0.179. The molecule has 2 amide bonds. The molecule has 1 N–H and O–H groups in total. The molecule has 4 aromatic carbocycles. The van der Waals surface area contributed by atoms with Gasteiger partial charge in [-0.05, 0) is 66.9 Å². The molecule has 4 aromatic rings. The largest absolute Gasteiger partial charge is 0.497 e. The number of ether oxygens (including phenoxy) is 1. The van der Waals surface area contributed by atoms with E-state index in [1.54, 1.807) is 66.7 Å². The molecular formula is C35H38ClN3O5S. The van der Waals surface area contributed by atoms with E-state index < -0.39 is 28.5 Å². The second-order valence-electron chi connectivity index (χ2n) is 10.7. The molecule has 0 saturated heterocycles. The molecule has 0 spiro atoms. The number of hydrogen-bond donors (Lipinski definition) is 1. The molecule has 45 heavy (non-hydrogen) atoms. The first-order chi connectivity index (χ1) is 21.6. The van der Waals surface area contributed by atoms with Crippen molar-refractivity contribution in [2.24, 2.45) is 0 Å². The van der Waals surface area contributed by atoms with Gasteiger partial charge in [0.15, 0.2) is 0 Å². The molecule has 0 bridgehead atoms. The van der Waals surface area contributed by atoms with E-state index in [9.17, 15) is 18.0 Å². The van der Waals surface area contributed by atoms with Gasteiger partial charge in [-0.1, -0.05) is 85.3 Å². The van der Waals surface area contributed by atoms with E-state index in [1.165, 1.54) is 24.1 Å². The summed E-state index contributed by atoms with van der Waals surface area (Å²) in [6.45, 7) is 3.29. The molecule has 0 aliphatic heterocycles. The van der Waals surface area contributed by atoms with Gasteiger partial charge in [0.1, 0.15) is 18.3 Å². The van der Waals surface area contributed by atoms with E-state index in [1.807, 2.05) is 44.2 Å². The average Bonchev–Trinajstić information content (AvgIpc) is 3.06. The Kier molecular flexibility index (Phi) is 11.6. The second-order valence-corrected chi connectivity index (χ2v) is 12.9. The highest BCUT2D eigenvalue weighted by Gasteiger charge is 2.35. The number of hydrogen-bond acceptors (Lipinski definition) is 5. The number of amides is 2. The number of anilines is 1. The topological polar surface area (TPSA) is 96.0 Å². The number of carbonyl (C=O) groups is 2. The van der Waals surface area contributed by atoms with Crippen molar-refractivity contribution < 1.29 is 22.7 Å². The van der Waals surface area contributed by atoms with Gasteiger partial charge in [0.05, 0.1) is 17.7 Å². The lowest BCUT2D eigenvalue weighted by atomic mass is 10.0.